The summed E-state index contributed by atoms with van der Waals surface area (Å²) in [5, 5.41) is 0. The first-order chi connectivity index (χ1) is 5.18. The quantitative estimate of drug-likeness (QED) is 0.445. The summed E-state index contributed by atoms with van der Waals surface area (Å²) in [6, 6.07) is 1.82. The van der Waals surface area contributed by atoms with Crippen molar-refractivity contribution in [3.8, 4) is 0 Å². The zero-order chi connectivity index (χ0) is 8.27. The molecule has 0 aliphatic rings. The molecule has 1 heterocycles. The maximum absolute atomic E-state index is 10.4. The van der Waals surface area contributed by atoms with E-state index in [0.717, 1.165) is 5.69 Å². The smallest absolute Gasteiger partial charge is 0.286 e. The zero-order valence-corrected chi connectivity index (χ0v) is 8.85. The van der Waals surface area contributed by atoms with Gasteiger partial charge < -0.3 is 29.7 Å². The monoisotopic (exact) mass is 279 g/mol. The molecule has 1 aromatic rings. The van der Waals surface area contributed by atoms with Gasteiger partial charge in [-0.05, 0) is 0 Å². The Morgan fingerprint density at radius 3 is 2.83 bits per heavy atom. The van der Waals surface area contributed by atoms with E-state index in [1.807, 2.05) is 13.0 Å². The Hall–Kier alpha value is -0.720. The fourth-order valence-corrected chi connectivity index (χ4v) is 0.724. The van der Waals surface area contributed by atoms with Crippen LogP contribution in [0.1, 0.15) is 5.69 Å². The Balaban J connectivity index is 0.00000121. The summed E-state index contributed by atoms with van der Waals surface area (Å²) in [6.07, 6.45) is 3.35. The Kier molecular flexibility index (Phi) is 4.72. The van der Waals surface area contributed by atoms with Gasteiger partial charge >= 0.3 is 0 Å². The van der Waals surface area contributed by atoms with Crippen LogP contribution in [0.5, 0.6) is 0 Å². The first-order valence-electron chi connectivity index (χ1n) is 3.28. The number of carbonyl (C=O) groups excluding carboxylic acids is 1. The van der Waals surface area contributed by atoms with Crippen LogP contribution in [0.2, 0.25) is 0 Å². The van der Waals surface area contributed by atoms with Crippen LogP contribution in [-0.4, -0.2) is 10.9 Å². The summed E-state index contributed by atoms with van der Waals surface area (Å²) >= 11 is 0. The van der Waals surface area contributed by atoms with E-state index in [4.69, 9.17) is 5.73 Å². The Morgan fingerprint density at radius 1 is 1.75 bits per heavy atom. The molecule has 5 heteroatoms. The standard InChI is InChI=1S/C7H9N3O.HI/c1-6-2-3-10(5-9-6)4-7(8)11;/h2-3,5H,4H2,1H3,(H-,8,11);1H. The Morgan fingerprint density at radius 2 is 2.42 bits per heavy atom. The highest BCUT2D eigenvalue weighted by Crippen LogP contribution is 1.82. The van der Waals surface area contributed by atoms with Gasteiger partial charge in [0, 0.05) is 13.0 Å². The van der Waals surface area contributed by atoms with Crippen LogP contribution >= 0.6 is 0 Å². The Bertz CT molecular complexity index is 260. The van der Waals surface area contributed by atoms with E-state index < -0.39 is 0 Å². The molecule has 0 spiro atoms. The molecule has 0 aliphatic carbocycles. The van der Waals surface area contributed by atoms with Gasteiger partial charge in [0.2, 0.25) is 0 Å². The zero-order valence-electron chi connectivity index (χ0n) is 6.70. The summed E-state index contributed by atoms with van der Waals surface area (Å²) in [4.78, 5) is 14.4. The largest absolute Gasteiger partial charge is 1.00 e. The molecular formula is C7H10IN3O. The molecule has 0 saturated carbocycles. The molecular weight excluding hydrogens is 269 g/mol. The molecule has 1 rings (SSSR count). The molecule has 12 heavy (non-hydrogen) atoms. The van der Waals surface area contributed by atoms with Crippen LogP contribution < -0.4 is 34.3 Å². The van der Waals surface area contributed by atoms with Gasteiger partial charge in [0.15, 0.2) is 12.2 Å². The normalized spacial score (nSPS) is 8.75. The van der Waals surface area contributed by atoms with Crippen LogP contribution in [0.15, 0.2) is 18.6 Å². The van der Waals surface area contributed by atoms with E-state index in [9.17, 15) is 4.79 Å². The van der Waals surface area contributed by atoms with Crippen LogP contribution in [0.25, 0.3) is 0 Å². The predicted octanol–water partition coefficient (Wildman–Crippen LogP) is -3.83. The number of rotatable bonds is 2. The lowest BCUT2D eigenvalue weighted by Gasteiger charge is -1.92. The highest BCUT2D eigenvalue weighted by Gasteiger charge is 2.01. The number of nitrogens with zero attached hydrogens (tertiary/aromatic N) is 2. The van der Waals surface area contributed by atoms with Crippen LogP contribution in [-0.2, 0) is 11.3 Å². The summed E-state index contributed by atoms with van der Waals surface area (Å²) in [7, 11) is 0. The van der Waals surface area contributed by atoms with Crippen molar-refractivity contribution in [2.75, 3.05) is 0 Å². The van der Waals surface area contributed by atoms with Crippen molar-refractivity contribution in [2.45, 2.75) is 13.5 Å². The molecule has 0 radical (unpaired) electrons. The summed E-state index contributed by atoms with van der Waals surface area (Å²) in [6.45, 7) is 2.07. The third-order valence-corrected chi connectivity index (χ3v) is 1.26. The molecule has 0 bridgehead atoms. The molecule has 2 N–H and O–H groups in total. The van der Waals surface area contributed by atoms with Gasteiger partial charge in [0.05, 0.1) is 6.20 Å². The fourth-order valence-electron chi connectivity index (χ4n) is 0.724. The highest BCUT2D eigenvalue weighted by atomic mass is 127. The van der Waals surface area contributed by atoms with E-state index in [0.29, 0.717) is 0 Å². The number of hydrogen-bond acceptors (Lipinski definition) is 2. The molecule has 0 fully saturated rings. The summed E-state index contributed by atoms with van der Waals surface area (Å²) in [5.74, 6) is -0.361. The van der Waals surface area contributed by atoms with Crippen molar-refractivity contribution >= 4 is 5.91 Å². The number of halogens is 1. The molecule has 0 aromatic carbocycles. The van der Waals surface area contributed by atoms with Gasteiger partial charge in [0.25, 0.3) is 12.2 Å². The number of aromatic nitrogens is 2. The number of amides is 1. The van der Waals surface area contributed by atoms with Crippen LogP contribution in [0, 0.1) is 6.92 Å². The fraction of sp³-hybridized carbons (Fsp3) is 0.286. The average Bonchev–Trinajstić information content (AvgIpc) is 1.93. The first kappa shape index (κ1) is 11.3. The lowest BCUT2D eigenvalue weighted by atomic mass is 10.4. The SMILES string of the molecule is Cc1cc[n+](CC(N)=O)cn1.[I-]. The van der Waals surface area contributed by atoms with E-state index in [1.54, 1.807) is 17.1 Å². The molecule has 0 saturated heterocycles. The van der Waals surface area contributed by atoms with E-state index in [1.165, 1.54) is 0 Å². The second kappa shape index (κ2) is 5.02. The third kappa shape index (κ3) is 3.61. The topological polar surface area (TPSA) is 59.9 Å². The highest BCUT2D eigenvalue weighted by molar-refractivity contribution is 5.72. The molecule has 1 aromatic heterocycles. The lowest BCUT2D eigenvalue weighted by Crippen LogP contribution is -3.00. The minimum absolute atomic E-state index is 0. The third-order valence-electron chi connectivity index (χ3n) is 1.26. The average molecular weight is 279 g/mol. The maximum atomic E-state index is 10.4. The van der Waals surface area contributed by atoms with Gasteiger partial charge in [-0.15, -0.1) is 0 Å². The summed E-state index contributed by atoms with van der Waals surface area (Å²) in [5.41, 5.74) is 5.90. The predicted molar refractivity (Wildman–Crippen MR) is 38.4 cm³/mol. The van der Waals surface area contributed by atoms with Gasteiger partial charge in [0.1, 0.15) is 0 Å². The van der Waals surface area contributed by atoms with E-state index >= 15 is 0 Å². The van der Waals surface area contributed by atoms with Gasteiger partial charge in [-0.25, -0.2) is 4.57 Å². The van der Waals surface area contributed by atoms with E-state index in [2.05, 4.69) is 4.98 Å². The molecule has 1 amide bonds. The number of carbonyl (C=O) groups is 1. The molecule has 66 valence electrons. The van der Waals surface area contributed by atoms with Crippen molar-refractivity contribution in [3.05, 3.63) is 24.3 Å². The summed E-state index contributed by atoms with van der Waals surface area (Å²) < 4.78 is 1.63. The molecule has 0 unspecified atom stereocenters. The minimum Gasteiger partial charge on any atom is -1.00 e. The second-order valence-electron chi connectivity index (χ2n) is 2.34. The first-order valence-corrected chi connectivity index (χ1v) is 3.28. The van der Waals surface area contributed by atoms with Crippen LogP contribution in [0.4, 0.5) is 0 Å². The Labute approximate surface area is 87.8 Å². The molecule has 4 nitrogen and oxygen atoms in total. The van der Waals surface area contributed by atoms with Crippen molar-refractivity contribution in [3.63, 3.8) is 0 Å². The van der Waals surface area contributed by atoms with Crippen molar-refractivity contribution in [2.24, 2.45) is 5.73 Å². The maximum Gasteiger partial charge on any atom is 0.286 e. The number of nitrogens with two attached hydrogens (primary N) is 1. The van der Waals surface area contributed by atoms with E-state index in [-0.39, 0.29) is 36.4 Å². The minimum atomic E-state index is -0.361. The molecule has 0 atom stereocenters. The van der Waals surface area contributed by atoms with Crippen molar-refractivity contribution < 1.29 is 33.3 Å². The van der Waals surface area contributed by atoms with Crippen molar-refractivity contribution in [1.82, 2.24) is 4.98 Å². The van der Waals surface area contributed by atoms with Gasteiger partial charge in [-0.2, -0.15) is 0 Å². The number of hydrogen-bond donors (Lipinski definition) is 1. The second-order valence-corrected chi connectivity index (χ2v) is 2.34. The van der Waals surface area contributed by atoms with Gasteiger partial charge in [-0.3, -0.25) is 4.79 Å². The van der Waals surface area contributed by atoms with Gasteiger partial charge in [-0.1, -0.05) is 4.98 Å². The number of aryl methyl sites for hydroxylation is 1. The van der Waals surface area contributed by atoms with Crippen molar-refractivity contribution in [1.29, 1.82) is 0 Å². The lowest BCUT2D eigenvalue weighted by molar-refractivity contribution is -0.687. The number of primary amides is 1. The van der Waals surface area contributed by atoms with Crippen LogP contribution in [0.3, 0.4) is 0 Å². The molecule has 0 aliphatic heterocycles.